The summed E-state index contributed by atoms with van der Waals surface area (Å²) in [5.74, 6) is -0.125. The highest BCUT2D eigenvalue weighted by molar-refractivity contribution is 6.07. The van der Waals surface area contributed by atoms with E-state index in [0.717, 1.165) is 6.54 Å². The third kappa shape index (κ3) is 2.28. The second-order valence-corrected chi connectivity index (χ2v) is 4.82. The van der Waals surface area contributed by atoms with Gasteiger partial charge in [-0.1, -0.05) is 0 Å². The summed E-state index contributed by atoms with van der Waals surface area (Å²) in [5, 5.41) is 5.89. The molecule has 2 aliphatic heterocycles. The van der Waals surface area contributed by atoms with Crippen molar-refractivity contribution in [3.63, 3.8) is 0 Å². The summed E-state index contributed by atoms with van der Waals surface area (Å²) in [5.41, 5.74) is -0.699. The van der Waals surface area contributed by atoms with Gasteiger partial charge >= 0.3 is 6.03 Å². The minimum atomic E-state index is -0.699. The third-order valence-electron chi connectivity index (χ3n) is 3.17. The van der Waals surface area contributed by atoms with E-state index in [4.69, 9.17) is 4.74 Å². The lowest BCUT2D eigenvalue weighted by Gasteiger charge is -2.19. The molecule has 2 N–H and O–H groups in total. The smallest absolute Gasteiger partial charge is 0.325 e. The van der Waals surface area contributed by atoms with E-state index in [2.05, 4.69) is 10.6 Å². The largest absolute Gasteiger partial charge is 0.377 e. The Bertz CT molecular complexity index is 324. The lowest BCUT2D eigenvalue weighted by Crippen LogP contribution is -2.48. The molecule has 2 heterocycles. The molecule has 1 unspecified atom stereocenters. The molecule has 6 nitrogen and oxygen atoms in total. The maximum Gasteiger partial charge on any atom is 0.325 e. The van der Waals surface area contributed by atoms with Gasteiger partial charge in [0, 0.05) is 6.54 Å². The third-order valence-corrected chi connectivity index (χ3v) is 3.17. The first-order valence-electron chi connectivity index (χ1n) is 6.01. The zero-order valence-electron chi connectivity index (χ0n) is 10.3. The van der Waals surface area contributed by atoms with Crippen molar-refractivity contribution in [1.29, 1.82) is 0 Å². The number of hydrogen-bond acceptors (Lipinski definition) is 4. The van der Waals surface area contributed by atoms with Gasteiger partial charge in [0.25, 0.3) is 5.91 Å². The van der Waals surface area contributed by atoms with Crippen molar-refractivity contribution in [3.05, 3.63) is 0 Å². The van der Waals surface area contributed by atoms with Crippen LogP contribution in [0, 0.1) is 0 Å². The molecule has 0 aliphatic carbocycles. The van der Waals surface area contributed by atoms with Gasteiger partial charge in [0.15, 0.2) is 0 Å². The highest BCUT2D eigenvalue weighted by Gasteiger charge is 2.52. The first-order valence-corrected chi connectivity index (χ1v) is 6.01. The van der Waals surface area contributed by atoms with Gasteiger partial charge in [0.2, 0.25) is 0 Å². The van der Waals surface area contributed by atoms with E-state index in [0.29, 0.717) is 26.1 Å². The quantitative estimate of drug-likeness (QED) is 0.663. The van der Waals surface area contributed by atoms with Gasteiger partial charge in [-0.3, -0.25) is 9.69 Å². The number of carbonyl (C=O) groups excluding carboxylic acids is 2. The van der Waals surface area contributed by atoms with Crippen LogP contribution in [-0.2, 0) is 9.53 Å². The molecule has 0 bridgehead atoms. The Labute approximate surface area is 101 Å². The second kappa shape index (κ2) is 4.62. The van der Waals surface area contributed by atoms with Crippen LogP contribution < -0.4 is 10.6 Å². The first-order chi connectivity index (χ1) is 8.05. The Morgan fingerprint density at radius 1 is 1.47 bits per heavy atom. The zero-order chi connectivity index (χ0) is 12.5. The number of amides is 3. The predicted molar refractivity (Wildman–Crippen MR) is 61.6 cm³/mol. The van der Waals surface area contributed by atoms with Crippen molar-refractivity contribution in [1.82, 2.24) is 15.5 Å². The van der Waals surface area contributed by atoms with Crippen LogP contribution in [0.2, 0.25) is 0 Å². The topological polar surface area (TPSA) is 70.7 Å². The summed E-state index contributed by atoms with van der Waals surface area (Å²) in [6, 6.07) is -0.300. The van der Waals surface area contributed by atoms with Gasteiger partial charge < -0.3 is 15.4 Å². The molecule has 3 amide bonds. The maximum atomic E-state index is 12.2. The molecule has 96 valence electrons. The highest BCUT2D eigenvalue weighted by atomic mass is 16.5. The highest BCUT2D eigenvalue weighted by Crippen LogP contribution is 2.23. The van der Waals surface area contributed by atoms with Crippen molar-refractivity contribution >= 4 is 11.9 Å². The number of nitrogens with one attached hydrogen (secondary N) is 2. The zero-order valence-corrected chi connectivity index (χ0v) is 10.3. The monoisotopic (exact) mass is 241 g/mol. The van der Waals surface area contributed by atoms with E-state index in [-0.39, 0.29) is 18.0 Å². The number of urea groups is 1. The van der Waals surface area contributed by atoms with Gasteiger partial charge in [-0.25, -0.2) is 4.79 Å². The van der Waals surface area contributed by atoms with Crippen LogP contribution >= 0.6 is 0 Å². The number of carbonyl (C=O) groups is 2. The van der Waals surface area contributed by atoms with Gasteiger partial charge in [-0.05, 0) is 26.8 Å². The number of nitrogens with zero attached hydrogens (tertiary/aromatic N) is 1. The molecular formula is C11H19N3O3. The average Bonchev–Trinajstić information content (AvgIpc) is 2.80. The number of rotatable bonds is 4. The summed E-state index contributed by atoms with van der Waals surface area (Å²) in [6.45, 7) is 5.86. The molecule has 2 aliphatic rings. The molecule has 1 atom stereocenters. The SMILES string of the molecule is CC(C)OCCN1C(=O)NC2(CCNC2)C1=O. The van der Waals surface area contributed by atoms with Crippen molar-refractivity contribution in [2.75, 3.05) is 26.2 Å². The molecule has 6 heteroatoms. The fourth-order valence-corrected chi connectivity index (χ4v) is 2.24. The van der Waals surface area contributed by atoms with Crippen LogP contribution in [-0.4, -0.2) is 54.7 Å². The molecule has 1 spiro atoms. The Hall–Kier alpha value is -1.14. The molecule has 0 aromatic rings. The van der Waals surface area contributed by atoms with Crippen molar-refractivity contribution in [2.45, 2.75) is 31.9 Å². The van der Waals surface area contributed by atoms with Crippen molar-refractivity contribution in [3.8, 4) is 0 Å². The normalized spacial score (nSPS) is 28.5. The van der Waals surface area contributed by atoms with Crippen LogP contribution in [0.4, 0.5) is 4.79 Å². The molecule has 2 saturated heterocycles. The van der Waals surface area contributed by atoms with Gasteiger partial charge in [-0.2, -0.15) is 0 Å². The van der Waals surface area contributed by atoms with E-state index in [9.17, 15) is 9.59 Å². The minimum Gasteiger partial charge on any atom is -0.377 e. The van der Waals surface area contributed by atoms with Gasteiger partial charge in [-0.15, -0.1) is 0 Å². The van der Waals surface area contributed by atoms with E-state index >= 15 is 0 Å². The number of ether oxygens (including phenoxy) is 1. The van der Waals surface area contributed by atoms with Gasteiger partial charge in [0.1, 0.15) is 5.54 Å². The van der Waals surface area contributed by atoms with Crippen LogP contribution in [0.3, 0.4) is 0 Å². The van der Waals surface area contributed by atoms with Crippen LogP contribution in [0.15, 0.2) is 0 Å². The molecule has 0 aromatic carbocycles. The average molecular weight is 241 g/mol. The second-order valence-electron chi connectivity index (χ2n) is 4.82. The number of hydrogen-bond donors (Lipinski definition) is 2. The Kier molecular flexibility index (Phi) is 3.35. The summed E-state index contributed by atoms with van der Waals surface area (Å²) in [7, 11) is 0. The van der Waals surface area contributed by atoms with Crippen molar-refractivity contribution in [2.24, 2.45) is 0 Å². The molecular weight excluding hydrogens is 222 g/mol. The first kappa shape index (κ1) is 12.3. The molecule has 17 heavy (non-hydrogen) atoms. The maximum absolute atomic E-state index is 12.2. The van der Waals surface area contributed by atoms with Crippen LogP contribution in [0.5, 0.6) is 0 Å². The molecule has 0 radical (unpaired) electrons. The lowest BCUT2D eigenvalue weighted by molar-refractivity contribution is -0.131. The molecule has 2 rings (SSSR count). The lowest BCUT2D eigenvalue weighted by atomic mass is 9.99. The van der Waals surface area contributed by atoms with Crippen LogP contribution in [0.25, 0.3) is 0 Å². The summed E-state index contributed by atoms with van der Waals surface area (Å²) in [6.07, 6.45) is 0.775. The molecule has 0 saturated carbocycles. The molecule has 2 fully saturated rings. The Morgan fingerprint density at radius 2 is 2.24 bits per heavy atom. The van der Waals surface area contributed by atoms with E-state index < -0.39 is 5.54 Å². The van der Waals surface area contributed by atoms with E-state index in [1.807, 2.05) is 13.8 Å². The number of imide groups is 1. The summed E-state index contributed by atoms with van der Waals surface area (Å²) < 4.78 is 5.36. The Balaban J connectivity index is 1.94. The summed E-state index contributed by atoms with van der Waals surface area (Å²) in [4.78, 5) is 25.2. The van der Waals surface area contributed by atoms with Crippen molar-refractivity contribution < 1.29 is 14.3 Å². The standard InChI is InChI=1S/C11H19N3O3/c1-8(2)17-6-5-14-9(15)11(13-10(14)16)3-4-12-7-11/h8,12H,3-7H2,1-2H3,(H,13,16). The summed E-state index contributed by atoms with van der Waals surface area (Å²) >= 11 is 0. The fourth-order valence-electron chi connectivity index (χ4n) is 2.24. The van der Waals surface area contributed by atoms with Gasteiger partial charge in [0.05, 0.1) is 19.3 Å². The molecule has 0 aromatic heterocycles. The van der Waals surface area contributed by atoms with E-state index in [1.54, 1.807) is 0 Å². The fraction of sp³-hybridized carbons (Fsp3) is 0.818. The minimum absolute atomic E-state index is 0.109. The predicted octanol–water partition coefficient (Wildman–Crippen LogP) is -0.305. The van der Waals surface area contributed by atoms with Crippen LogP contribution in [0.1, 0.15) is 20.3 Å². The van der Waals surface area contributed by atoms with E-state index in [1.165, 1.54) is 4.90 Å². The Morgan fingerprint density at radius 3 is 2.82 bits per heavy atom.